The van der Waals surface area contributed by atoms with Gasteiger partial charge in [-0.05, 0) is 75.1 Å². The van der Waals surface area contributed by atoms with Gasteiger partial charge in [0.1, 0.15) is 5.82 Å². The molecular formula is C25H34FN3O3. The number of amides is 2. The van der Waals surface area contributed by atoms with E-state index < -0.39 is 0 Å². The molecule has 3 rings (SSSR count). The fourth-order valence-electron chi connectivity index (χ4n) is 4.28. The summed E-state index contributed by atoms with van der Waals surface area (Å²) in [6.07, 6.45) is 0.842. The highest BCUT2D eigenvalue weighted by Gasteiger charge is 2.34. The van der Waals surface area contributed by atoms with E-state index in [0.29, 0.717) is 18.0 Å². The van der Waals surface area contributed by atoms with Gasteiger partial charge in [-0.1, -0.05) is 12.1 Å². The molecule has 32 heavy (non-hydrogen) atoms. The third-order valence-electron chi connectivity index (χ3n) is 5.65. The Bertz CT molecular complexity index is 941. The molecule has 0 aliphatic carbocycles. The second kappa shape index (κ2) is 9.77. The molecule has 2 N–H and O–H groups in total. The van der Waals surface area contributed by atoms with E-state index in [4.69, 9.17) is 9.47 Å². The number of hydrogen-bond donors (Lipinski definition) is 2. The third kappa shape index (κ3) is 5.71. The Morgan fingerprint density at radius 3 is 2.38 bits per heavy atom. The number of nitrogens with zero attached hydrogens (tertiary/aromatic N) is 1. The van der Waals surface area contributed by atoms with Gasteiger partial charge in [-0.3, -0.25) is 4.90 Å². The first-order chi connectivity index (χ1) is 15.1. The van der Waals surface area contributed by atoms with Gasteiger partial charge in [-0.15, -0.1) is 0 Å². The molecule has 2 amide bonds. The van der Waals surface area contributed by atoms with Gasteiger partial charge in [0.15, 0.2) is 11.5 Å². The zero-order valence-corrected chi connectivity index (χ0v) is 19.8. The lowest BCUT2D eigenvalue weighted by Gasteiger charge is -2.41. The monoisotopic (exact) mass is 443 g/mol. The largest absolute Gasteiger partial charge is 0.493 e. The van der Waals surface area contributed by atoms with Crippen molar-refractivity contribution in [3.8, 4) is 11.5 Å². The standard InChI is InChI=1S/C25H34FN3O3/c1-16(27-24(30)28-25(2,3)4)23-20-14-22(32-6)21(31-5)13-18(20)11-12-29(23)15-17-7-9-19(26)10-8-17/h7-10,13-14,16,23H,11-12,15H2,1-6H3,(H2,27,28,30)/t16-,23-/m0/s1. The van der Waals surface area contributed by atoms with Gasteiger partial charge in [-0.25, -0.2) is 9.18 Å². The van der Waals surface area contributed by atoms with Crippen LogP contribution in [0.25, 0.3) is 0 Å². The predicted octanol–water partition coefficient (Wildman–Crippen LogP) is 4.43. The highest BCUT2D eigenvalue weighted by atomic mass is 19.1. The van der Waals surface area contributed by atoms with Crippen LogP contribution in [-0.2, 0) is 13.0 Å². The van der Waals surface area contributed by atoms with Crippen molar-refractivity contribution in [3.05, 3.63) is 58.9 Å². The summed E-state index contributed by atoms with van der Waals surface area (Å²) in [5.41, 5.74) is 2.96. The Morgan fingerprint density at radius 1 is 1.16 bits per heavy atom. The second-order valence-electron chi connectivity index (χ2n) is 9.33. The molecule has 1 heterocycles. The first-order valence-corrected chi connectivity index (χ1v) is 10.9. The number of ether oxygens (including phenoxy) is 2. The number of halogens is 1. The van der Waals surface area contributed by atoms with E-state index in [2.05, 4.69) is 15.5 Å². The van der Waals surface area contributed by atoms with Crippen LogP contribution < -0.4 is 20.1 Å². The summed E-state index contributed by atoms with van der Waals surface area (Å²) in [6.45, 7) is 9.31. The lowest BCUT2D eigenvalue weighted by molar-refractivity contribution is 0.142. The van der Waals surface area contributed by atoms with Gasteiger partial charge in [-0.2, -0.15) is 0 Å². The van der Waals surface area contributed by atoms with Gasteiger partial charge in [0.2, 0.25) is 0 Å². The molecule has 2 aromatic carbocycles. The number of urea groups is 1. The van der Waals surface area contributed by atoms with Crippen LogP contribution in [0.1, 0.15) is 50.4 Å². The first-order valence-electron chi connectivity index (χ1n) is 10.9. The molecule has 6 nitrogen and oxygen atoms in total. The number of fused-ring (bicyclic) bond motifs is 1. The zero-order chi connectivity index (χ0) is 23.5. The summed E-state index contributed by atoms with van der Waals surface area (Å²) in [4.78, 5) is 14.9. The summed E-state index contributed by atoms with van der Waals surface area (Å²) < 4.78 is 24.5. The topological polar surface area (TPSA) is 62.8 Å². The Balaban J connectivity index is 1.95. The van der Waals surface area contributed by atoms with Crippen LogP contribution in [0.2, 0.25) is 0 Å². The van der Waals surface area contributed by atoms with Gasteiger partial charge < -0.3 is 20.1 Å². The molecule has 1 aliphatic rings. The molecule has 0 bridgehead atoms. The van der Waals surface area contributed by atoms with E-state index in [0.717, 1.165) is 24.1 Å². The van der Waals surface area contributed by atoms with E-state index in [1.165, 1.54) is 17.7 Å². The summed E-state index contributed by atoms with van der Waals surface area (Å²) in [6, 6.07) is 10.1. The molecule has 2 atom stereocenters. The quantitative estimate of drug-likeness (QED) is 0.693. The molecule has 0 radical (unpaired) electrons. The summed E-state index contributed by atoms with van der Waals surface area (Å²) >= 11 is 0. The average Bonchev–Trinajstić information content (AvgIpc) is 2.72. The smallest absolute Gasteiger partial charge is 0.315 e. The maximum atomic E-state index is 13.4. The average molecular weight is 444 g/mol. The fraction of sp³-hybridized carbons (Fsp3) is 0.480. The first kappa shape index (κ1) is 23.9. The van der Waals surface area contributed by atoms with E-state index in [1.807, 2.05) is 39.8 Å². The Hall–Kier alpha value is -2.80. The number of hydrogen-bond acceptors (Lipinski definition) is 4. The van der Waals surface area contributed by atoms with Crippen LogP contribution in [0.4, 0.5) is 9.18 Å². The van der Waals surface area contributed by atoms with Gasteiger partial charge in [0, 0.05) is 24.7 Å². The van der Waals surface area contributed by atoms with Crippen LogP contribution in [0.5, 0.6) is 11.5 Å². The Morgan fingerprint density at radius 2 is 1.78 bits per heavy atom. The van der Waals surface area contributed by atoms with Gasteiger partial charge in [0.05, 0.1) is 20.3 Å². The highest BCUT2D eigenvalue weighted by molar-refractivity contribution is 5.75. The normalized spacial score (nSPS) is 17.3. The summed E-state index contributed by atoms with van der Waals surface area (Å²) in [7, 11) is 3.25. The van der Waals surface area contributed by atoms with Crippen molar-refractivity contribution in [3.63, 3.8) is 0 Å². The minimum atomic E-state index is -0.335. The number of rotatable bonds is 6. The van der Waals surface area contributed by atoms with Crippen LogP contribution in [-0.4, -0.2) is 43.3 Å². The number of carbonyl (C=O) groups is 1. The number of nitrogens with one attached hydrogen (secondary N) is 2. The molecule has 0 fully saturated rings. The highest BCUT2D eigenvalue weighted by Crippen LogP contribution is 2.40. The Kier molecular flexibility index (Phi) is 7.29. The third-order valence-corrected chi connectivity index (χ3v) is 5.65. The van der Waals surface area contributed by atoms with Crippen LogP contribution in [0, 0.1) is 5.82 Å². The van der Waals surface area contributed by atoms with Crippen molar-refractivity contribution in [1.29, 1.82) is 0 Å². The molecule has 0 unspecified atom stereocenters. The molecule has 0 saturated carbocycles. The van der Waals surface area contributed by atoms with E-state index in [9.17, 15) is 9.18 Å². The van der Waals surface area contributed by atoms with Crippen molar-refractivity contribution in [2.75, 3.05) is 20.8 Å². The van der Waals surface area contributed by atoms with Gasteiger partial charge in [0.25, 0.3) is 0 Å². The number of carbonyl (C=O) groups excluding carboxylic acids is 1. The van der Waals surface area contributed by atoms with Crippen molar-refractivity contribution in [1.82, 2.24) is 15.5 Å². The maximum Gasteiger partial charge on any atom is 0.315 e. The van der Waals surface area contributed by atoms with Crippen LogP contribution in [0.3, 0.4) is 0 Å². The number of methoxy groups -OCH3 is 2. The predicted molar refractivity (Wildman–Crippen MR) is 124 cm³/mol. The minimum Gasteiger partial charge on any atom is -0.493 e. The molecule has 0 aromatic heterocycles. The lowest BCUT2D eigenvalue weighted by atomic mass is 9.87. The summed E-state index contributed by atoms with van der Waals surface area (Å²) in [5.74, 6) is 1.11. The van der Waals surface area contributed by atoms with Crippen LogP contribution in [0.15, 0.2) is 36.4 Å². The van der Waals surface area contributed by atoms with E-state index in [-0.39, 0.29) is 29.5 Å². The van der Waals surface area contributed by atoms with Crippen molar-refractivity contribution in [2.45, 2.75) is 58.3 Å². The fourth-order valence-corrected chi connectivity index (χ4v) is 4.28. The molecular weight excluding hydrogens is 409 g/mol. The summed E-state index contributed by atoms with van der Waals surface area (Å²) in [5, 5.41) is 6.08. The second-order valence-corrected chi connectivity index (χ2v) is 9.33. The van der Waals surface area contributed by atoms with E-state index in [1.54, 1.807) is 26.4 Å². The SMILES string of the molecule is COc1cc2c(cc1OC)[C@H]([C@H](C)NC(=O)NC(C)(C)C)N(Cc1ccc(F)cc1)CC2. The molecule has 0 spiro atoms. The molecule has 2 aromatic rings. The van der Waals surface area contributed by atoms with Crippen molar-refractivity contribution in [2.24, 2.45) is 0 Å². The number of benzene rings is 2. The van der Waals surface area contributed by atoms with Crippen LogP contribution >= 0.6 is 0 Å². The maximum absolute atomic E-state index is 13.4. The van der Waals surface area contributed by atoms with Crippen molar-refractivity contribution >= 4 is 6.03 Å². The molecule has 1 aliphatic heterocycles. The molecule has 7 heteroatoms. The Labute approximate surface area is 190 Å². The molecule has 174 valence electrons. The van der Waals surface area contributed by atoms with Gasteiger partial charge >= 0.3 is 6.03 Å². The molecule has 0 saturated heterocycles. The zero-order valence-electron chi connectivity index (χ0n) is 19.8. The van der Waals surface area contributed by atoms with Crippen molar-refractivity contribution < 1.29 is 18.7 Å². The lowest BCUT2D eigenvalue weighted by Crippen LogP contribution is -2.53. The van der Waals surface area contributed by atoms with E-state index >= 15 is 0 Å². The minimum absolute atomic E-state index is 0.0886.